The third kappa shape index (κ3) is 2.82. The number of ether oxygens (including phenoxy) is 1. The Bertz CT molecular complexity index is 549. The van der Waals surface area contributed by atoms with Gasteiger partial charge in [0, 0.05) is 3.57 Å². The van der Waals surface area contributed by atoms with Crippen molar-refractivity contribution in [3.8, 4) is 11.6 Å². The van der Waals surface area contributed by atoms with Crippen LogP contribution >= 0.6 is 22.6 Å². The molecule has 2 rings (SSSR count). The molecule has 0 radical (unpaired) electrons. The highest BCUT2D eigenvalue weighted by atomic mass is 127. The van der Waals surface area contributed by atoms with Crippen LogP contribution < -0.4 is 10.3 Å². The first-order valence-electron chi connectivity index (χ1n) is 4.65. The summed E-state index contributed by atoms with van der Waals surface area (Å²) in [5.41, 5.74) is -0.215. The van der Waals surface area contributed by atoms with Crippen LogP contribution in [0.2, 0.25) is 0 Å². The number of aromatic nitrogens is 2. The lowest BCUT2D eigenvalue weighted by molar-refractivity contribution is 0.458. The van der Waals surface area contributed by atoms with Gasteiger partial charge in [0.2, 0.25) is 5.88 Å². The first-order chi connectivity index (χ1) is 7.63. The number of H-pyrrole nitrogens is 1. The number of hydrogen-bond acceptors (Lipinski definition) is 3. The van der Waals surface area contributed by atoms with Crippen LogP contribution in [0.1, 0.15) is 5.82 Å². The molecule has 0 spiro atoms. The summed E-state index contributed by atoms with van der Waals surface area (Å²) in [6.45, 7) is 1.71. The van der Waals surface area contributed by atoms with E-state index < -0.39 is 0 Å². The van der Waals surface area contributed by atoms with Crippen LogP contribution in [0.5, 0.6) is 11.6 Å². The summed E-state index contributed by atoms with van der Waals surface area (Å²) in [5, 5.41) is 0. The van der Waals surface area contributed by atoms with Crippen LogP contribution in [0, 0.1) is 10.5 Å². The van der Waals surface area contributed by atoms with Crippen molar-refractivity contribution >= 4 is 22.6 Å². The van der Waals surface area contributed by atoms with Crippen LogP contribution in [-0.2, 0) is 0 Å². The Kier molecular flexibility index (Phi) is 3.23. The highest BCUT2D eigenvalue weighted by molar-refractivity contribution is 14.1. The van der Waals surface area contributed by atoms with Gasteiger partial charge in [-0.05, 0) is 53.8 Å². The summed E-state index contributed by atoms with van der Waals surface area (Å²) < 4.78 is 6.59. The van der Waals surface area contributed by atoms with Crippen molar-refractivity contribution in [1.29, 1.82) is 0 Å². The number of aryl methyl sites for hydroxylation is 1. The first kappa shape index (κ1) is 11.1. The molecule has 0 aliphatic heterocycles. The number of nitrogens with one attached hydrogen (secondary N) is 1. The normalized spacial score (nSPS) is 10.1. The Morgan fingerprint density at radius 3 is 2.62 bits per heavy atom. The van der Waals surface area contributed by atoms with Crippen molar-refractivity contribution in [2.75, 3.05) is 0 Å². The SMILES string of the molecule is Cc1nc(Oc2ccc(I)cc2)cc(=O)[nH]1. The lowest BCUT2D eigenvalue weighted by Crippen LogP contribution is -2.08. The van der Waals surface area contributed by atoms with Crippen LogP contribution in [0.4, 0.5) is 0 Å². The molecule has 0 unspecified atom stereocenters. The smallest absolute Gasteiger partial charge is 0.254 e. The van der Waals surface area contributed by atoms with E-state index in [1.54, 1.807) is 6.92 Å². The largest absolute Gasteiger partial charge is 0.439 e. The molecule has 0 amide bonds. The Hall–Kier alpha value is -1.37. The molecule has 1 aromatic heterocycles. The van der Waals surface area contributed by atoms with E-state index in [0.717, 1.165) is 3.57 Å². The van der Waals surface area contributed by atoms with Crippen molar-refractivity contribution in [3.63, 3.8) is 0 Å². The summed E-state index contributed by atoms with van der Waals surface area (Å²) in [5.74, 6) is 1.51. The third-order valence-corrected chi connectivity index (χ3v) is 2.59. The van der Waals surface area contributed by atoms with Crippen molar-refractivity contribution < 1.29 is 4.74 Å². The van der Waals surface area contributed by atoms with Gasteiger partial charge in [0.05, 0.1) is 6.07 Å². The zero-order valence-electron chi connectivity index (χ0n) is 8.53. The second kappa shape index (κ2) is 4.65. The number of rotatable bonds is 2. The monoisotopic (exact) mass is 328 g/mol. The number of nitrogens with zero attached hydrogens (tertiary/aromatic N) is 1. The number of halogens is 1. The Morgan fingerprint density at radius 2 is 2.00 bits per heavy atom. The predicted molar refractivity (Wildman–Crippen MR) is 68.8 cm³/mol. The first-order valence-corrected chi connectivity index (χ1v) is 5.73. The van der Waals surface area contributed by atoms with Gasteiger partial charge in [0.1, 0.15) is 11.6 Å². The van der Waals surface area contributed by atoms with E-state index >= 15 is 0 Å². The molecule has 0 aliphatic rings. The molecule has 2 aromatic rings. The molecule has 1 aromatic carbocycles. The third-order valence-electron chi connectivity index (χ3n) is 1.87. The second-order valence-electron chi connectivity index (χ2n) is 3.23. The molecular formula is C11H9IN2O2. The van der Waals surface area contributed by atoms with E-state index in [-0.39, 0.29) is 5.56 Å². The predicted octanol–water partition coefficient (Wildman–Crippen LogP) is 2.48. The molecule has 0 aliphatic carbocycles. The minimum absolute atomic E-state index is 0.215. The molecule has 16 heavy (non-hydrogen) atoms. The van der Waals surface area contributed by atoms with Gasteiger partial charge in [0.25, 0.3) is 5.56 Å². The standard InChI is InChI=1S/C11H9IN2O2/c1-7-13-10(15)6-11(14-7)16-9-4-2-8(12)3-5-9/h2-6H,1H3,(H,13,14,15). The Balaban J connectivity index is 2.26. The van der Waals surface area contributed by atoms with Crippen molar-refractivity contribution in [2.24, 2.45) is 0 Å². The molecule has 1 heterocycles. The molecule has 0 saturated heterocycles. The van der Waals surface area contributed by atoms with E-state index in [9.17, 15) is 4.79 Å². The maximum Gasteiger partial charge on any atom is 0.254 e. The van der Waals surface area contributed by atoms with Crippen LogP contribution in [0.15, 0.2) is 35.1 Å². The lowest BCUT2D eigenvalue weighted by Gasteiger charge is -2.04. The Labute approximate surface area is 106 Å². The lowest BCUT2D eigenvalue weighted by atomic mass is 10.3. The molecular weight excluding hydrogens is 319 g/mol. The molecule has 0 fully saturated rings. The fourth-order valence-corrected chi connectivity index (χ4v) is 1.59. The van der Waals surface area contributed by atoms with Crippen LogP contribution in [0.3, 0.4) is 0 Å². The average Bonchev–Trinajstić information content (AvgIpc) is 2.20. The second-order valence-corrected chi connectivity index (χ2v) is 4.47. The van der Waals surface area contributed by atoms with E-state index in [1.165, 1.54) is 6.07 Å². The van der Waals surface area contributed by atoms with Gasteiger partial charge in [0.15, 0.2) is 0 Å². The zero-order valence-corrected chi connectivity index (χ0v) is 10.7. The van der Waals surface area contributed by atoms with E-state index in [1.807, 2.05) is 24.3 Å². The minimum atomic E-state index is -0.215. The van der Waals surface area contributed by atoms with E-state index in [4.69, 9.17) is 4.74 Å². The zero-order chi connectivity index (χ0) is 11.5. The Morgan fingerprint density at radius 1 is 1.31 bits per heavy atom. The molecule has 0 saturated carbocycles. The maximum absolute atomic E-state index is 11.2. The summed E-state index contributed by atoms with van der Waals surface area (Å²) in [6, 6.07) is 8.84. The average molecular weight is 328 g/mol. The molecule has 4 nitrogen and oxygen atoms in total. The number of aromatic amines is 1. The summed E-state index contributed by atoms with van der Waals surface area (Å²) in [7, 11) is 0. The van der Waals surface area contributed by atoms with Gasteiger partial charge in [-0.1, -0.05) is 0 Å². The highest BCUT2D eigenvalue weighted by Crippen LogP contribution is 2.19. The van der Waals surface area contributed by atoms with Gasteiger partial charge < -0.3 is 9.72 Å². The topological polar surface area (TPSA) is 55.0 Å². The van der Waals surface area contributed by atoms with Gasteiger partial charge in [-0.25, -0.2) is 4.98 Å². The highest BCUT2D eigenvalue weighted by Gasteiger charge is 2.00. The van der Waals surface area contributed by atoms with Gasteiger partial charge in [-0.15, -0.1) is 0 Å². The van der Waals surface area contributed by atoms with Crippen molar-refractivity contribution in [1.82, 2.24) is 9.97 Å². The summed E-state index contributed by atoms with van der Waals surface area (Å²) in [6.07, 6.45) is 0. The van der Waals surface area contributed by atoms with Gasteiger partial charge in [-0.2, -0.15) is 0 Å². The fourth-order valence-electron chi connectivity index (χ4n) is 1.23. The summed E-state index contributed by atoms with van der Waals surface area (Å²) in [4.78, 5) is 17.8. The maximum atomic E-state index is 11.2. The van der Waals surface area contributed by atoms with Crippen molar-refractivity contribution in [2.45, 2.75) is 6.92 Å². The molecule has 5 heteroatoms. The van der Waals surface area contributed by atoms with Gasteiger partial charge >= 0.3 is 0 Å². The minimum Gasteiger partial charge on any atom is -0.439 e. The number of hydrogen-bond donors (Lipinski definition) is 1. The number of benzene rings is 1. The molecule has 1 N–H and O–H groups in total. The quantitative estimate of drug-likeness (QED) is 0.862. The van der Waals surface area contributed by atoms with E-state index in [2.05, 4.69) is 32.6 Å². The van der Waals surface area contributed by atoms with Crippen molar-refractivity contribution in [3.05, 3.63) is 50.1 Å². The molecule has 82 valence electrons. The molecule has 0 bridgehead atoms. The fraction of sp³-hybridized carbons (Fsp3) is 0.0909. The summed E-state index contributed by atoms with van der Waals surface area (Å²) >= 11 is 2.21. The van der Waals surface area contributed by atoms with E-state index in [0.29, 0.717) is 17.5 Å². The van der Waals surface area contributed by atoms with Crippen LogP contribution in [-0.4, -0.2) is 9.97 Å². The molecule has 0 atom stereocenters. The van der Waals surface area contributed by atoms with Gasteiger partial charge in [-0.3, -0.25) is 4.79 Å². The van der Waals surface area contributed by atoms with Crippen LogP contribution in [0.25, 0.3) is 0 Å².